The number of hydrogen-bond donors (Lipinski definition) is 0. The maximum atomic E-state index is 6.03. The van der Waals surface area contributed by atoms with Crippen LogP contribution in [0.25, 0.3) is 10.8 Å². The predicted octanol–water partition coefficient (Wildman–Crippen LogP) is 3.65. The van der Waals surface area contributed by atoms with E-state index in [1.807, 2.05) is 18.2 Å². The first-order valence-corrected chi connectivity index (χ1v) is 6.98. The van der Waals surface area contributed by atoms with Gasteiger partial charge in [0.05, 0.1) is 19.2 Å². The lowest BCUT2D eigenvalue weighted by Gasteiger charge is -2.16. The van der Waals surface area contributed by atoms with Crippen molar-refractivity contribution in [2.75, 3.05) is 13.7 Å². The van der Waals surface area contributed by atoms with Crippen LogP contribution in [0.15, 0.2) is 41.4 Å². The van der Waals surface area contributed by atoms with Gasteiger partial charge in [0.25, 0.3) is 0 Å². The normalized spacial score (nSPS) is 18.2. The van der Waals surface area contributed by atoms with Crippen molar-refractivity contribution in [2.45, 2.75) is 20.0 Å². The number of ether oxygens (including phenoxy) is 2. The second-order valence-corrected chi connectivity index (χ2v) is 5.41. The Hall–Kier alpha value is -2.03. The zero-order chi connectivity index (χ0) is 14.1. The molecule has 1 atom stereocenters. The van der Waals surface area contributed by atoms with Crippen molar-refractivity contribution >= 4 is 16.7 Å². The molecule has 1 heterocycles. The quantitative estimate of drug-likeness (QED) is 0.851. The number of benzene rings is 2. The molecule has 0 spiro atoms. The van der Waals surface area contributed by atoms with E-state index in [1.54, 1.807) is 7.11 Å². The Morgan fingerprint density at radius 2 is 2.00 bits per heavy atom. The van der Waals surface area contributed by atoms with Crippen LogP contribution in [0.2, 0.25) is 0 Å². The number of hydrogen-bond acceptors (Lipinski definition) is 3. The van der Waals surface area contributed by atoms with Crippen LogP contribution in [0.4, 0.5) is 0 Å². The molecule has 0 bridgehead atoms. The van der Waals surface area contributed by atoms with Gasteiger partial charge in [0.1, 0.15) is 11.9 Å². The van der Waals surface area contributed by atoms with Gasteiger partial charge in [0, 0.05) is 0 Å². The van der Waals surface area contributed by atoms with Gasteiger partial charge < -0.3 is 9.47 Å². The summed E-state index contributed by atoms with van der Waals surface area (Å²) in [5.41, 5.74) is 0.966. The van der Waals surface area contributed by atoms with Crippen molar-refractivity contribution in [1.82, 2.24) is 0 Å². The molecule has 0 saturated heterocycles. The molecule has 0 unspecified atom stereocenters. The van der Waals surface area contributed by atoms with Gasteiger partial charge in [-0.15, -0.1) is 0 Å². The van der Waals surface area contributed by atoms with Crippen molar-refractivity contribution < 1.29 is 9.47 Å². The van der Waals surface area contributed by atoms with E-state index >= 15 is 0 Å². The highest BCUT2D eigenvalue weighted by atomic mass is 16.5. The molecule has 104 valence electrons. The lowest BCUT2D eigenvalue weighted by molar-refractivity contribution is 0.171. The first-order valence-electron chi connectivity index (χ1n) is 6.98. The van der Waals surface area contributed by atoms with E-state index in [0.717, 1.165) is 23.2 Å². The largest absolute Gasteiger partial charge is 0.496 e. The monoisotopic (exact) mass is 269 g/mol. The molecule has 2 aromatic rings. The Morgan fingerprint density at radius 1 is 1.20 bits per heavy atom. The maximum absolute atomic E-state index is 6.03. The number of methoxy groups -OCH3 is 1. The average Bonchev–Trinajstić information content (AvgIpc) is 2.95. The predicted molar refractivity (Wildman–Crippen MR) is 81.6 cm³/mol. The summed E-state index contributed by atoms with van der Waals surface area (Å²) in [4.78, 5) is 4.58. The van der Waals surface area contributed by atoms with E-state index < -0.39 is 0 Å². The minimum atomic E-state index is 0.161. The first-order chi connectivity index (χ1) is 9.70. The summed E-state index contributed by atoms with van der Waals surface area (Å²) in [5.74, 6) is 1.97. The van der Waals surface area contributed by atoms with Gasteiger partial charge in [-0.1, -0.05) is 44.2 Å². The van der Waals surface area contributed by atoms with Crippen molar-refractivity contribution in [3.05, 3.63) is 42.0 Å². The third-order valence-electron chi connectivity index (χ3n) is 3.75. The van der Waals surface area contributed by atoms with Crippen LogP contribution >= 0.6 is 0 Å². The molecule has 0 radical (unpaired) electrons. The Morgan fingerprint density at radius 3 is 2.70 bits per heavy atom. The van der Waals surface area contributed by atoms with E-state index in [2.05, 4.69) is 37.0 Å². The minimum absolute atomic E-state index is 0.161. The maximum Gasteiger partial charge on any atom is 0.221 e. The van der Waals surface area contributed by atoms with Gasteiger partial charge in [-0.2, -0.15) is 0 Å². The Balaban J connectivity index is 2.10. The molecule has 0 aromatic heterocycles. The molecule has 3 nitrogen and oxygen atoms in total. The average molecular weight is 269 g/mol. The van der Waals surface area contributed by atoms with Crippen molar-refractivity contribution in [1.29, 1.82) is 0 Å². The molecular weight excluding hydrogens is 250 g/mol. The summed E-state index contributed by atoms with van der Waals surface area (Å²) in [5, 5.41) is 2.29. The third kappa shape index (κ3) is 2.13. The van der Waals surface area contributed by atoms with Crippen LogP contribution in [0.1, 0.15) is 19.4 Å². The van der Waals surface area contributed by atoms with Crippen LogP contribution in [0.3, 0.4) is 0 Å². The van der Waals surface area contributed by atoms with E-state index in [4.69, 9.17) is 9.47 Å². The summed E-state index contributed by atoms with van der Waals surface area (Å²) >= 11 is 0. The van der Waals surface area contributed by atoms with Crippen LogP contribution in [-0.4, -0.2) is 25.7 Å². The highest BCUT2D eigenvalue weighted by Gasteiger charge is 2.26. The second kappa shape index (κ2) is 5.16. The zero-order valence-corrected chi connectivity index (χ0v) is 12.1. The molecule has 20 heavy (non-hydrogen) atoms. The van der Waals surface area contributed by atoms with E-state index in [1.165, 1.54) is 5.39 Å². The van der Waals surface area contributed by atoms with Crippen LogP contribution in [-0.2, 0) is 4.74 Å². The van der Waals surface area contributed by atoms with E-state index in [0.29, 0.717) is 11.8 Å². The first kappa shape index (κ1) is 13.0. The fourth-order valence-electron chi connectivity index (χ4n) is 2.52. The zero-order valence-electron chi connectivity index (χ0n) is 12.1. The van der Waals surface area contributed by atoms with Crippen molar-refractivity contribution in [2.24, 2.45) is 10.9 Å². The SMILES string of the molecule is COc1ccc2ccccc2c1C1=NC[C@@H](C(C)C)O1. The molecule has 1 aliphatic rings. The van der Waals surface area contributed by atoms with E-state index in [-0.39, 0.29) is 6.10 Å². The molecule has 0 saturated carbocycles. The minimum Gasteiger partial charge on any atom is -0.496 e. The Labute approximate surface area is 119 Å². The molecular formula is C17H19NO2. The van der Waals surface area contributed by atoms with Crippen molar-refractivity contribution in [3.8, 4) is 5.75 Å². The molecule has 0 amide bonds. The Kier molecular flexibility index (Phi) is 3.35. The van der Waals surface area contributed by atoms with Gasteiger partial charge in [0.2, 0.25) is 5.90 Å². The van der Waals surface area contributed by atoms with Gasteiger partial charge in [0.15, 0.2) is 0 Å². The van der Waals surface area contributed by atoms with Crippen LogP contribution in [0.5, 0.6) is 5.75 Å². The smallest absolute Gasteiger partial charge is 0.221 e. The second-order valence-electron chi connectivity index (χ2n) is 5.41. The summed E-state index contributed by atoms with van der Waals surface area (Å²) in [6, 6.07) is 12.3. The van der Waals surface area contributed by atoms with Crippen LogP contribution < -0.4 is 4.74 Å². The Bertz CT molecular complexity index is 661. The van der Waals surface area contributed by atoms with Crippen molar-refractivity contribution in [3.63, 3.8) is 0 Å². The molecule has 3 rings (SSSR count). The molecule has 0 fully saturated rings. The summed E-state index contributed by atoms with van der Waals surface area (Å²) in [7, 11) is 1.68. The van der Waals surface area contributed by atoms with Gasteiger partial charge in [-0.25, -0.2) is 4.99 Å². The van der Waals surface area contributed by atoms with Gasteiger partial charge in [-0.3, -0.25) is 0 Å². The summed E-state index contributed by atoms with van der Waals surface area (Å²) < 4.78 is 11.5. The number of aliphatic imine (C=N–C) groups is 1. The molecule has 0 aliphatic carbocycles. The standard InChI is InChI=1S/C17H19NO2/c1-11(2)15-10-18-17(20-15)16-13-7-5-4-6-12(13)8-9-14(16)19-3/h4-9,11,15H,10H2,1-3H3/t15-/m0/s1. The lowest BCUT2D eigenvalue weighted by Crippen LogP contribution is -2.20. The summed E-state index contributed by atoms with van der Waals surface area (Å²) in [6.07, 6.45) is 0.161. The molecule has 3 heteroatoms. The van der Waals surface area contributed by atoms with Gasteiger partial charge >= 0.3 is 0 Å². The van der Waals surface area contributed by atoms with Gasteiger partial charge in [-0.05, 0) is 22.8 Å². The molecule has 2 aromatic carbocycles. The number of fused-ring (bicyclic) bond motifs is 1. The number of rotatable bonds is 3. The fourth-order valence-corrected chi connectivity index (χ4v) is 2.52. The van der Waals surface area contributed by atoms with Crippen LogP contribution in [0, 0.1) is 5.92 Å². The fraction of sp³-hybridized carbons (Fsp3) is 0.353. The lowest BCUT2D eigenvalue weighted by atomic mass is 10.0. The van der Waals surface area contributed by atoms with E-state index in [9.17, 15) is 0 Å². The highest BCUT2D eigenvalue weighted by molar-refractivity contribution is 6.10. The molecule has 0 N–H and O–H groups in total. The summed E-state index contributed by atoms with van der Waals surface area (Å²) in [6.45, 7) is 5.03. The third-order valence-corrected chi connectivity index (χ3v) is 3.75. The topological polar surface area (TPSA) is 30.8 Å². The molecule has 1 aliphatic heterocycles. The highest BCUT2D eigenvalue weighted by Crippen LogP contribution is 2.31. The number of nitrogens with zero attached hydrogens (tertiary/aromatic N) is 1.